The van der Waals surface area contributed by atoms with Gasteiger partial charge in [-0.25, -0.2) is 14.4 Å². The predicted molar refractivity (Wildman–Crippen MR) is 98.9 cm³/mol. The summed E-state index contributed by atoms with van der Waals surface area (Å²) in [6.45, 7) is 2.25. The lowest BCUT2D eigenvalue weighted by Crippen LogP contribution is -2.27. The highest BCUT2D eigenvalue weighted by Crippen LogP contribution is 2.13. The van der Waals surface area contributed by atoms with Crippen molar-refractivity contribution in [3.63, 3.8) is 0 Å². The summed E-state index contributed by atoms with van der Waals surface area (Å²) >= 11 is 0. The Balaban J connectivity index is 1.62. The third kappa shape index (κ3) is 4.86. The number of aryl methyl sites for hydroxylation is 1. The minimum absolute atomic E-state index is 0.270. The molecule has 132 valence electrons. The second kappa shape index (κ2) is 8.20. The van der Waals surface area contributed by atoms with Crippen molar-refractivity contribution in [2.24, 2.45) is 0 Å². The summed E-state index contributed by atoms with van der Waals surface area (Å²) in [5.74, 6) is -0.165. The standard InChI is InChI=1S/C20H19FN4O/c1-14-13-18(25-20(23-14)24-17-5-3-2-4-6-17)19(26)22-12-11-15-7-9-16(21)10-8-15/h2-10,13H,11-12H2,1H3,(H,22,26)(H,23,24,25). The summed E-state index contributed by atoms with van der Waals surface area (Å²) in [5, 5.41) is 5.92. The number of nitrogens with one attached hydrogen (secondary N) is 2. The zero-order chi connectivity index (χ0) is 18.4. The van der Waals surface area contributed by atoms with Gasteiger partial charge in [-0.05, 0) is 49.2 Å². The van der Waals surface area contributed by atoms with Gasteiger partial charge in [0.25, 0.3) is 5.91 Å². The van der Waals surface area contributed by atoms with Crippen LogP contribution in [-0.4, -0.2) is 22.4 Å². The minimum Gasteiger partial charge on any atom is -0.350 e. The molecule has 26 heavy (non-hydrogen) atoms. The first-order valence-electron chi connectivity index (χ1n) is 8.30. The molecule has 0 bridgehead atoms. The molecule has 0 aliphatic carbocycles. The maximum Gasteiger partial charge on any atom is 0.270 e. The molecule has 6 heteroatoms. The van der Waals surface area contributed by atoms with E-state index in [-0.39, 0.29) is 11.7 Å². The smallest absolute Gasteiger partial charge is 0.270 e. The van der Waals surface area contributed by atoms with Crippen LogP contribution in [0, 0.1) is 12.7 Å². The Morgan fingerprint density at radius 1 is 1.04 bits per heavy atom. The van der Waals surface area contributed by atoms with Gasteiger partial charge in [-0.2, -0.15) is 0 Å². The van der Waals surface area contributed by atoms with Crippen LogP contribution in [0.5, 0.6) is 0 Å². The molecule has 1 heterocycles. The molecule has 0 fully saturated rings. The van der Waals surface area contributed by atoms with Crippen LogP contribution in [0.1, 0.15) is 21.7 Å². The molecule has 0 spiro atoms. The number of amides is 1. The molecule has 0 saturated carbocycles. The van der Waals surface area contributed by atoms with E-state index in [2.05, 4.69) is 20.6 Å². The number of para-hydroxylation sites is 1. The molecule has 3 rings (SSSR count). The number of benzene rings is 2. The van der Waals surface area contributed by atoms with Gasteiger partial charge in [-0.15, -0.1) is 0 Å². The summed E-state index contributed by atoms with van der Waals surface area (Å²) in [6.07, 6.45) is 0.616. The molecule has 0 saturated heterocycles. The zero-order valence-corrected chi connectivity index (χ0v) is 14.4. The van der Waals surface area contributed by atoms with Crippen molar-refractivity contribution >= 4 is 17.5 Å². The fraction of sp³-hybridized carbons (Fsp3) is 0.150. The lowest BCUT2D eigenvalue weighted by molar-refractivity contribution is 0.0949. The summed E-state index contributed by atoms with van der Waals surface area (Å²) < 4.78 is 12.9. The summed E-state index contributed by atoms with van der Waals surface area (Å²) in [5.41, 5.74) is 2.80. The number of carbonyl (C=O) groups is 1. The van der Waals surface area contributed by atoms with Crippen molar-refractivity contribution in [3.8, 4) is 0 Å². The molecule has 1 aromatic heterocycles. The van der Waals surface area contributed by atoms with Crippen LogP contribution in [0.25, 0.3) is 0 Å². The van der Waals surface area contributed by atoms with E-state index >= 15 is 0 Å². The number of hydrogen-bond acceptors (Lipinski definition) is 4. The Labute approximate surface area is 151 Å². The quantitative estimate of drug-likeness (QED) is 0.712. The average molecular weight is 350 g/mol. The van der Waals surface area contributed by atoms with Gasteiger partial charge < -0.3 is 10.6 Å². The van der Waals surface area contributed by atoms with Crippen molar-refractivity contribution in [1.82, 2.24) is 15.3 Å². The van der Waals surface area contributed by atoms with Crippen LogP contribution in [0.3, 0.4) is 0 Å². The molecular formula is C20H19FN4O. The van der Waals surface area contributed by atoms with Crippen LogP contribution in [-0.2, 0) is 6.42 Å². The van der Waals surface area contributed by atoms with Crippen LogP contribution >= 0.6 is 0 Å². The summed E-state index contributed by atoms with van der Waals surface area (Å²) in [7, 11) is 0. The normalized spacial score (nSPS) is 10.4. The molecule has 0 unspecified atom stereocenters. The van der Waals surface area contributed by atoms with Gasteiger partial charge in [0.2, 0.25) is 5.95 Å². The van der Waals surface area contributed by atoms with Crippen molar-refractivity contribution in [1.29, 1.82) is 0 Å². The molecule has 3 aromatic rings. The largest absolute Gasteiger partial charge is 0.350 e. The van der Waals surface area contributed by atoms with Crippen LogP contribution in [0.4, 0.5) is 16.0 Å². The second-order valence-corrected chi connectivity index (χ2v) is 5.84. The average Bonchev–Trinajstić information content (AvgIpc) is 2.63. The fourth-order valence-electron chi connectivity index (χ4n) is 2.45. The van der Waals surface area contributed by atoms with E-state index in [0.29, 0.717) is 30.3 Å². The van der Waals surface area contributed by atoms with Gasteiger partial charge in [0.05, 0.1) is 0 Å². The first-order chi connectivity index (χ1) is 12.6. The predicted octanol–water partition coefficient (Wildman–Crippen LogP) is 3.64. The molecule has 0 atom stereocenters. The number of halogens is 1. The van der Waals surface area contributed by atoms with Crippen molar-refractivity contribution < 1.29 is 9.18 Å². The Hall–Kier alpha value is -3.28. The highest BCUT2D eigenvalue weighted by atomic mass is 19.1. The van der Waals surface area contributed by atoms with Crippen molar-refractivity contribution in [2.75, 3.05) is 11.9 Å². The Morgan fingerprint density at radius 3 is 2.50 bits per heavy atom. The summed E-state index contributed by atoms with van der Waals surface area (Å²) in [6, 6.07) is 17.4. The van der Waals surface area contributed by atoms with E-state index < -0.39 is 0 Å². The second-order valence-electron chi connectivity index (χ2n) is 5.84. The molecular weight excluding hydrogens is 331 g/mol. The molecule has 2 N–H and O–H groups in total. The molecule has 0 aliphatic heterocycles. The lowest BCUT2D eigenvalue weighted by Gasteiger charge is -2.09. The van der Waals surface area contributed by atoms with Crippen molar-refractivity contribution in [2.45, 2.75) is 13.3 Å². The van der Waals surface area contributed by atoms with E-state index in [1.54, 1.807) is 18.2 Å². The molecule has 0 radical (unpaired) electrons. The number of aromatic nitrogens is 2. The topological polar surface area (TPSA) is 66.9 Å². The van der Waals surface area contributed by atoms with Gasteiger partial charge in [0, 0.05) is 17.9 Å². The minimum atomic E-state index is -0.271. The SMILES string of the molecule is Cc1cc(C(=O)NCCc2ccc(F)cc2)nc(Nc2ccccc2)n1. The maximum absolute atomic E-state index is 12.9. The van der Waals surface area contributed by atoms with E-state index in [1.165, 1.54) is 12.1 Å². The monoisotopic (exact) mass is 350 g/mol. The van der Waals surface area contributed by atoms with Crippen LogP contribution in [0.15, 0.2) is 60.7 Å². The zero-order valence-electron chi connectivity index (χ0n) is 14.4. The van der Waals surface area contributed by atoms with Crippen molar-refractivity contribution in [3.05, 3.63) is 83.4 Å². The number of hydrogen-bond donors (Lipinski definition) is 2. The molecule has 2 aromatic carbocycles. The Morgan fingerprint density at radius 2 is 1.77 bits per heavy atom. The van der Waals surface area contributed by atoms with E-state index in [4.69, 9.17) is 0 Å². The Kier molecular flexibility index (Phi) is 5.53. The number of rotatable bonds is 6. The molecule has 1 amide bonds. The Bertz CT molecular complexity index is 882. The van der Waals surface area contributed by atoms with E-state index in [9.17, 15) is 9.18 Å². The highest BCUT2D eigenvalue weighted by molar-refractivity contribution is 5.92. The van der Waals surface area contributed by atoms with Crippen LogP contribution in [0.2, 0.25) is 0 Å². The molecule has 0 aliphatic rings. The molecule has 5 nitrogen and oxygen atoms in total. The number of anilines is 2. The van der Waals surface area contributed by atoms with Gasteiger partial charge in [-0.1, -0.05) is 30.3 Å². The maximum atomic E-state index is 12.9. The lowest BCUT2D eigenvalue weighted by atomic mass is 10.1. The van der Waals surface area contributed by atoms with Gasteiger partial charge >= 0.3 is 0 Å². The number of nitrogens with zero attached hydrogens (tertiary/aromatic N) is 2. The highest BCUT2D eigenvalue weighted by Gasteiger charge is 2.10. The number of carbonyl (C=O) groups excluding carboxylic acids is 1. The van der Waals surface area contributed by atoms with Gasteiger partial charge in [0.1, 0.15) is 11.5 Å². The van der Waals surface area contributed by atoms with Gasteiger partial charge in [0.15, 0.2) is 0 Å². The van der Waals surface area contributed by atoms with Crippen LogP contribution < -0.4 is 10.6 Å². The van der Waals surface area contributed by atoms with Gasteiger partial charge in [-0.3, -0.25) is 4.79 Å². The fourth-order valence-corrected chi connectivity index (χ4v) is 2.45. The first-order valence-corrected chi connectivity index (χ1v) is 8.30. The third-order valence-corrected chi connectivity index (χ3v) is 3.73. The first kappa shape index (κ1) is 17.5. The summed E-state index contributed by atoms with van der Waals surface area (Å²) in [4.78, 5) is 20.9. The third-order valence-electron chi connectivity index (χ3n) is 3.73. The van der Waals surface area contributed by atoms with E-state index in [0.717, 1.165) is 11.3 Å². The van der Waals surface area contributed by atoms with E-state index in [1.807, 2.05) is 37.3 Å².